The van der Waals surface area contributed by atoms with Crippen molar-refractivity contribution in [1.82, 2.24) is 4.98 Å². The number of aromatic nitrogens is 1. The molecule has 2 fully saturated rings. The number of anilines is 2. The van der Waals surface area contributed by atoms with Crippen LogP contribution in [0, 0.1) is 23.2 Å². The number of rotatable bonds is 4. The van der Waals surface area contributed by atoms with Crippen molar-refractivity contribution < 1.29 is 19.0 Å². The highest BCUT2D eigenvalue weighted by Crippen LogP contribution is 2.59. The van der Waals surface area contributed by atoms with Crippen LogP contribution in [0.3, 0.4) is 0 Å². The number of benzene rings is 1. The van der Waals surface area contributed by atoms with E-state index in [4.69, 9.17) is 19.2 Å². The summed E-state index contributed by atoms with van der Waals surface area (Å²) in [5.41, 5.74) is 2.12. The smallest absolute Gasteiger partial charge is 0.309 e. The Kier molecular flexibility index (Phi) is 4.92. The van der Waals surface area contributed by atoms with Gasteiger partial charge in [0.15, 0.2) is 5.13 Å². The molecule has 0 radical (unpaired) electrons. The molecule has 0 spiro atoms. The summed E-state index contributed by atoms with van der Waals surface area (Å²) in [6.45, 7) is 6.67. The second-order valence-electron chi connectivity index (χ2n) is 9.56. The van der Waals surface area contributed by atoms with E-state index in [-0.39, 0.29) is 29.3 Å². The van der Waals surface area contributed by atoms with Crippen molar-refractivity contribution in [3.63, 3.8) is 0 Å². The van der Waals surface area contributed by atoms with Gasteiger partial charge < -0.3 is 19.5 Å². The molecule has 1 aromatic heterocycles. The molecular weight excluding hydrogens is 412 g/mol. The SMILES string of the molecule is COc1ccc(OC)c(Nc2nc3c(s2)C[C@@]2(C)CC[C@@H]4[C@@H](OC(=O)[C@H]4C)[C@H]2[C@H]3C)c1. The van der Waals surface area contributed by atoms with E-state index in [1.807, 2.05) is 25.1 Å². The molecular formula is C24H30N2O4S. The molecule has 5 rings (SSSR count). The average Bonchev–Trinajstić information content (AvgIpc) is 3.27. The maximum atomic E-state index is 12.3. The second kappa shape index (κ2) is 7.40. The molecule has 1 aromatic carbocycles. The van der Waals surface area contributed by atoms with Crippen LogP contribution in [0.4, 0.5) is 10.8 Å². The van der Waals surface area contributed by atoms with Gasteiger partial charge in [-0.2, -0.15) is 0 Å². The van der Waals surface area contributed by atoms with E-state index in [1.165, 1.54) is 4.88 Å². The molecule has 1 saturated heterocycles. The van der Waals surface area contributed by atoms with Crippen LogP contribution < -0.4 is 14.8 Å². The summed E-state index contributed by atoms with van der Waals surface area (Å²) < 4.78 is 16.8. The van der Waals surface area contributed by atoms with Gasteiger partial charge in [-0.15, -0.1) is 11.3 Å². The predicted octanol–water partition coefficient (Wildman–Crippen LogP) is 5.16. The minimum absolute atomic E-state index is 0.0105. The molecule has 166 valence electrons. The van der Waals surface area contributed by atoms with Gasteiger partial charge in [0.25, 0.3) is 0 Å². The van der Waals surface area contributed by atoms with E-state index in [1.54, 1.807) is 25.6 Å². The van der Waals surface area contributed by atoms with Crippen LogP contribution in [-0.4, -0.2) is 31.3 Å². The summed E-state index contributed by atoms with van der Waals surface area (Å²) >= 11 is 1.72. The van der Waals surface area contributed by atoms with Crippen LogP contribution in [-0.2, 0) is 16.0 Å². The lowest BCUT2D eigenvalue weighted by Crippen LogP contribution is -2.50. The number of hydrogen-bond acceptors (Lipinski definition) is 7. The first-order valence-electron chi connectivity index (χ1n) is 11.0. The third kappa shape index (κ3) is 3.20. The lowest BCUT2D eigenvalue weighted by atomic mass is 9.54. The number of hydrogen-bond donors (Lipinski definition) is 1. The molecule has 2 heterocycles. The Morgan fingerprint density at radius 1 is 1.23 bits per heavy atom. The zero-order valence-corrected chi connectivity index (χ0v) is 19.5. The minimum atomic E-state index is -0.0250. The molecule has 1 N–H and O–H groups in total. The van der Waals surface area contributed by atoms with Crippen LogP contribution in [0.2, 0.25) is 0 Å². The van der Waals surface area contributed by atoms with Gasteiger partial charge in [0.2, 0.25) is 0 Å². The van der Waals surface area contributed by atoms with Crippen molar-refractivity contribution in [3.8, 4) is 11.5 Å². The van der Waals surface area contributed by atoms with E-state index < -0.39 is 0 Å². The highest BCUT2D eigenvalue weighted by Gasteiger charge is 2.58. The predicted molar refractivity (Wildman–Crippen MR) is 120 cm³/mol. The lowest BCUT2D eigenvalue weighted by Gasteiger charge is -2.51. The summed E-state index contributed by atoms with van der Waals surface area (Å²) in [6.07, 6.45) is 3.20. The van der Waals surface area contributed by atoms with Gasteiger partial charge in [-0.25, -0.2) is 4.98 Å². The van der Waals surface area contributed by atoms with Crippen molar-refractivity contribution >= 4 is 28.1 Å². The van der Waals surface area contributed by atoms with Gasteiger partial charge in [0, 0.05) is 28.7 Å². The van der Waals surface area contributed by atoms with Crippen molar-refractivity contribution in [3.05, 3.63) is 28.8 Å². The number of nitrogens with zero attached hydrogens (tertiary/aromatic N) is 1. The monoisotopic (exact) mass is 442 g/mol. The number of carbonyl (C=O) groups is 1. The van der Waals surface area contributed by atoms with Crippen LogP contribution in [0.15, 0.2) is 18.2 Å². The minimum Gasteiger partial charge on any atom is -0.497 e. The number of thiazole rings is 1. The van der Waals surface area contributed by atoms with Crippen LogP contribution in [0.5, 0.6) is 11.5 Å². The Hall–Kier alpha value is -2.28. The summed E-state index contributed by atoms with van der Waals surface area (Å²) in [5.74, 6) is 2.40. The maximum absolute atomic E-state index is 12.3. The number of carbonyl (C=O) groups excluding carboxylic acids is 1. The van der Waals surface area contributed by atoms with E-state index in [0.717, 1.165) is 47.3 Å². The number of nitrogens with one attached hydrogen (secondary N) is 1. The Morgan fingerprint density at radius 3 is 2.77 bits per heavy atom. The zero-order valence-electron chi connectivity index (χ0n) is 18.7. The topological polar surface area (TPSA) is 69.7 Å². The molecule has 2 aliphatic carbocycles. The number of esters is 1. The van der Waals surface area contributed by atoms with Gasteiger partial charge in [-0.05, 0) is 36.8 Å². The Balaban J connectivity index is 1.47. The van der Waals surface area contributed by atoms with Gasteiger partial charge in [-0.3, -0.25) is 4.79 Å². The lowest BCUT2D eigenvalue weighted by molar-refractivity contribution is -0.149. The van der Waals surface area contributed by atoms with Crippen LogP contribution in [0.25, 0.3) is 0 Å². The molecule has 0 amide bonds. The van der Waals surface area contributed by atoms with Gasteiger partial charge in [-0.1, -0.05) is 20.8 Å². The first-order valence-corrected chi connectivity index (χ1v) is 11.9. The molecule has 0 bridgehead atoms. The van der Waals surface area contributed by atoms with E-state index in [2.05, 4.69) is 19.2 Å². The molecule has 3 aliphatic rings. The first kappa shape index (κ1) is 20.6. The summed E-state index contributed by atoms with van der Waals surface area (Å²) in [4.78, 5) is 18.7. The van der Waals surface area contributed by atoms with E-state index in [0.29, 0.717) is 11.8 Å². The van der Waals surface area contributed by atoms with Crippen LogP contribution >= 0.6 is 11.3 Å². The number of ether oxygens (including phenoxy) is 3. The largest absolute Gasteiger partial charge is 0.497 e. The Morgan fingerprint density at radius 2 is 2.03 bits per heavy atom. The number of methoxy groups -OCH3 is 2. The zero-order chi connectivity index (χ0) is 21.9. The Labute approximate surface area is 187 Å². The standard InChI is InChI=1S/C24H30N2O4S/c1-12-15-8-9-24(3)11-18-20(13(2)19(24)21(15)30-22(12)27)26-23(31-18)25-16-10-14(28-4)6-7-17(16)29-5/h6-7,10,12-13,15,19,21H,8-9,11H2,1-5H3,(H,25,26)/t12-,13+,15-,19+,21+,24+/m0/s1. The van der Waals surface area contributed by atoms with Gasteiger partial charge in [0.1, 0.15) is 17.6 Å². The third-order valence-corrected chi connectivity index (χ3v) is 8.79. The third-order valence-electron chi connectivity index (χ3n) is 7.81. The molecule has 7 heteroatoms. The Bertz CT molecular complexity index is 1020. The first-order chi connectivity index (χ1) is 14.8. The fourth-order valence-electron chi connectivity index (χ4n) is 6.16. The van der Waals surface area contributed by atoms with Crippen molar-refractivity contribution in [2.45, 2.75) is 52.1 Å². The van der Waals surface area contributed by atoms with Gasteiger partial charge in [0.05, 0.1) is 31.5 Å². The molecule has 6 atom stereocenters. The van der Waals surface area contributed by atoms with Crippen LogP contribution in [0.1, 0.15) is 50.1 Å². The highest BCUT2D eigenvalue weighted by atomic mass is 32.1. The summed E-state index contributed by atoms with van der Waals surface area (Å²) in [5, 5.41) is 4.31. The molecule has 31 heavy (non-hydrogen) atoms. The van der Waals surface area contributed by atoms with Crippen molar-refractivity contribution in [2.75, 3.05) is 19.5 Å². The second-order valence-corrected chi connectivity index (χ2v) is 10.6. The van der Waals surface area contributed by atoms with E-state index >= 15 is 0 Å². The van der Waals surface area contributed by atoms with Gasteiger partial charge >= 0.3 is 5.97 Å². The molecule has 6 nitrogen and oxygen atoms in total. The maximum Gasteiger partial charge on any atom is 0.309 e. The molecule has 1 aliphatic heterocycles. The van der Waals surface area contributed by atoms with Crippen molar-refractivity contribution in [1.29, 1.82) is 0 Å². The molecule has 1 saturated carbocycles. The molecule has 2 aromatic rings. The fraction of sp³-hybridized carbons (Fsp3) is 0.583. The average molecular weight is 443 g/mol. The van der Waals surface area contributed by atoms with Crippen molar-refractivity contribution in [2.24, 2.45) is 23.2 Å². The summed E-state index contributed by atoms with van der Waals surface area (Å²) in [6, 6.07) is 5.70. The molecule has 0 unspecified atom stereocenters. The highest BCUT2D eigenvalue weighted by molar-refractivity contribution is 7.15. The van der Waals surface area contributed by atoms with E-state index in [9.17, 15) is 4.79 Å². The normalized spacial score (nSPS) is 33.7. The fourth-order valence-corrected chi connectivity index (χ4v) is 7.44. The quantitative estimate of drug-likeness (QED) is 0.660. The number of fused-ring (bicyclic) bond motifs is 4. The summed E-state index contributed by atoms with van der Waals surface area (Å²) in [7, 11) is 3.32.